The average molecular weight is 306 g/mol. The minimum atomic E-state index is -0.383. The van der Waals surface area contributed by atoms with Crippen LogP contribution in [-0.4, -0.2) is 57.5 Å². The maximum absolute atomic E-state index is 12.0. The van der Waals surface area contributed by atoms with Crippen LogP contribution in [0.2, 0.25) is 0 Å². The molecule has 0 radical (unpaired) electrons. The van der Waals surface area contributed by atoms with Crippen LogP contribution in [0.4, 0.5) is 11.5 Å². The monoisotopic (exact) mass is 306 g/mol. The third kappa shape index (κ3) is 2.97. The van der Waals surface area contributed by atoms with Gasteiger partial charge in [0, 0.05) is 39.1 Å². The molecule has 0 unspecified atom stereocenters. The number of anilines is 1. The number of nitrogens with zero attached hydrogens (tertiary/aromatic N) is 4. The molecule has 2 aromatic rings. The number of fused-ring (bicyclic) bond motifs is 1. The SMILES string of the molecule is COC(=O)c1sc2ccnc(N(C)C)c2c1N=CN(C)C. The van der Waals surface area contributed by atoms with E-state index in [0.717, 1.165) is 15.9 Å². The number of carbonyl (C=O) groups excluding carboxylic acids is 1. The molecule has 0 bridgehead atoms. The van der Waals surface area contributed by atoms with E-state index in [-0.39, 0.29) is 5.97 Å². The van der Waals surface area contributed by atoms with Gasteiger partial charge in [-0.25, -0.2) is 14.8 Å². The summed E-state index contributed by atoms with van der Waals surface area (Å²) in [5, 5.41) is 0.867. The summed E-state index contributed by atoms with van der Waals surface area (Å²) in [5.41, 5.74) is 0.604. The van der Waals surface area contributed by atoms with Crippen LogP contribution in [-0.2, 0) is 4.74 Å². The van der Waals surface area contributed by atoms with E-state index < -0.39 is 0 Å². The molecule has 0 aromatic carbocycles. The highest BCUT2D eigenvalue weighted by molar-refractivity contribution is 7.21. The molecule has 0 aliphatic carbocycles. The van der Waals surface area contributed by atoms with E-state index in [9.17, 15) is 4.79 Å². The number of aromatic nitrogens is 1. The highest BCUT2D eigenvalue weighted by Gasteiger charge is 2.22. The lowest BCUT2D eigenvalue weighted by molar-refractivity contribution is 0.0607. The Bertz CT molecular complexity index is 692. The van der Waals surface area contributed by atoms with Gasteiger partial charge in [-0.1, -0.05) is 0 Å². The Morgan fingerprint density at radius 2 is 2.10 bits per heavy atom. The number of hydrogen-bond donors (Lipinski definition) is 0. The molecule has 0 saturated carbocycles. The summed E-state index contributed by atoms with van der Waals surface area (Å²) >= 11 is 1.37. The van der Waals surface area contributed by atoms with E-state index in [4.69, 9.17) is 4.74 Å². The maximum Gasteiger partial charge on any atom is 0.350 e. The molecule has 0 amide bonds. The van der Waals surface area contributed by atoms with Crippen molar-refractivity contribution < 1.29 is 9.53 Å². The lowest BCUT2D eigenvalue weighted by Crippen LogP contribution is -2.11. The molecule has 0 atom stereocenters. The smallest absolute Gasteiger partial charge is 0.350 e. The van der Waals surface area contributed by atoms with Crippen molar-refractivity contribution in [2.45, 2.75) is 0 Å². The number of thiophene rings is 1. The zero-order valence-corrected chi connectivity index (χ0v) is 13.6. The molecule has 2 heterocycles. The highest BCUT2D eigenvalue weighted by Crippen LogP contribution is 2.42. The Morgan fingerprint density at radius 3 is 2.67 bits per heavy atom. The lowest BCUT2D eigenvalue weighted by Gasteiger charge is -2.12. The van der Waals surface area contributed by atoms with Gasteiger partial charge in [0.1, 0.15) is 16.4 Å². The van der Waals surface area contributed by atoms with E-state index in [0.29, 0.717) is 10.6 Å². The summed E-state index contributed by atoms with van der Waals surface area (Å²) in [6, 6.07) is 1.88. The third-order valence-corrected chi connectivity index (χ3v) is 3.89. The van der Waals surface area contributed by atoms with Gasteiger partial charge < -0.3 is 14.5 Å². The number of pyridine rings is 1. The van der Waals surface area contributed by atoms with Gasteiger partial charge in [0.25, 0.3) is 0 Å². The van der Waals surface area contributed by atoms with Gasteiger partial charge in [-0.3, -0.25) is 0 Å². The van der Waals surface area contributed by atoms with Crippen molar-refractivity contribution in [2.24, 2.45) is 4.99 Å². The Hall–Kier alpha value is -2.15. The summed E-state index contributed by atoms with van der Waals surface area (Å²) in [6.07, 6.45) is 3.40. The van der Waals surface area contributed by atoms with E-state index >= 15 is 0 Å². The van der Waals surface area contributed by atoms with E-state index in [2.05, 4.69) is 9.98 Å². The zero-order valence-electron chi connectivity index (χ0n) is 12.7. The molecule has 0 spiro atoms. The normalized spacial score (nSPS) is 11.1. The van der Waals surface area contributed by atoms with Crippen LogP contribution in [0.1, 0.15) is 9.67 Å². The first-order valence-corrected chi connectivity index (χ1v) is 7.15. The fraction of sp³-hybridized carbons (Fsp3) is 0.357. The molecule has 2 rings (SSSR count). The van der Waals surface area contributed by atoms with Crippen molar-refractivity contribution in [1.29, 1.82) is 0 Å². The number of carbonyl (C=O) groups is 1. The molecular weight excluding hydrogens is 288 g/mol. The first kappa shape index (κ1) is 15.2. The molecule has 0 N–H and O–H groups in total. The molecule has 112 valence electrons. The number of ether oxygens (including phenoxy) is 1. The van der Waals surface area contributed by atoms with Crippen LogP contribution in [0.15, 0.2) is 17.3 Å². The predicted molar refractivity (Wildman–Crippen MR) is 87.1 cm³/mol. The van der Waals surface area contributed by atoms with Crippen LogP contribution in [0.25, 0.3) is 10.1 Å². The van der Waals surface area contributed by atoms with Crippen LogP contribution >= 0.6 is 11.3 Å². The molecule has 0 aliphatic heterocycles. The first-order valence-electron chi connectivity index (χ1n) is 6.33. The van der Waals surface area contributed by atoms with Gasteiger partial charge in [-0.2, -0.15) is 0 Å². The summed E-state index contributed by atoms with van der Waals surface area (Å²) in [5.74, 6) is 0.400. The molecule has 0 fully saturated rings. The molecule has 6 nitrogen and oxygen atoms in total. The zero-order chi connectivity index (χ0) is 15.6. The number of hydrogen-bond acceptors (Lipinski definition) is 6. The van der Waals surface area contributed by atoms with Crippen molar-refractivity contribution in [3.63, 3.8) is 0 Å². The Balaban J connectivity index is 2.76. The predicted octanol–water partition coefficient (Wildman–Crippen LogP) is 2.37. The van der Waals surface area contributed by atoms with Gasteiger partial charge in [0.05, 0.1) is 18.8 Å². The Morgan fingerprint density at radius 1 is 1.38 bits per heavy atom. The van der Waals surface area contributed by atoms with Crippen LogP contribution in [0.5, 0.6) is 0 Å². The van der Waals surface area contributed by atoms with Crippen LogP contribution in [0, 0.1) is 0 Å². The van der Waals surface area contributed by atoms with E-state index in [1.165, 1.54) is 18.4 Å². The van der Waals surface area contributed by atoms with Gasteiger partial charge in [0.15, 0.2) is 0 Å². The molecule has 7 heteroatoms. The lowest BCUT2D eigenvalue weighted by atomic mass is 10.2. The van der Waals surface area contributed by atoms with Crippen LogP contribution in [0.3, 0.4) is 0 Å². The molecule has 21 heavy (non-hydrogen) atoms. The maximum atomic E-state index is 12.0. The van der Waals surface area contributed by atoms with E-state index in [1.807, 2.05) is 44.1 Å². The largest absolute Gasteiger partial charge is 0.465 e. The van der Waals surface area contributed by atoms with Gasteiger partial charge >= 0.3 is 5.97 Å². The average Bonchev–Trinajstić information content (AvgIpc) is 2.82. The third-order valence-electron chi connectivity index (χ3n) is 2.77. The standard InChI is InChI=1S/C14H18N4O2S/c1-17(2)8-16-11-10-9(21-12(11)14(19)20-5)6-7-15-13(10)18(3)4/h6-8H,1-5H3. The second kappa shape index (κ2) is 6.09. The van der Waals surface area contributed by atoms with Crippen molar-refractivity contribution in [3.8, 4) is 0 Å². The van der Waals surface area contributed by atoms with Crippen molar-refractivity contribution in [2.75, 3.05) is 40.2 Å². The van der Waals surface area contributed by atoms with Crippen molar-refractivity contribution >= 4 is 45.2 Å². The number of esters is 1. The van der Waals surface area contributed by atoms with Gasteiger partial charge in [-0.05, 0) is 6.07 Å². The fourth-order valence-electron chi connectivity index (χ4n) is 1.88. The second-order valence-corrected chi connectivity index (χ2v) is 5.93. The first-order chi connectivity index (χ1) is 9.95. The highest BCUT2D eigenvalue weighted by atomic mass is 32.1. The second-order valence-electron chi connectivity index (χ2n) is 4.88. The number of aliphatic imine (C=N–C) groups is 1. The Labute approximate surface area is 127 Å². The van der Waals surface area contributed by atoms with E-state index in [1.54, 1.807) is 12.5 Å². The molecular formula is C14H18N4O2S. The minimum Gasteiger partial charge on any atom is -0.465 e. The fourth-order valence-corrected chi connectivity index (χ4v) is 2.94. The summed E-state index contributed by atoms with van der Waals surface area (Å²) in [4.78, 5) is 25.0. The topological polar surface area (TPSA) is 58.0 Å². The molecule has 2 aromatic heterocycles. The van der Waals surface area contributed by atoms with Crippen molar-refractivity contribution in [1.82, 2.24) is 9.88 Å². The van der Waals surface area contributed by atoms with Crippen LogP contribution < -0.4 is 4.90 Å². The van der Waals surface area contributed by atoms with Gasteiger partial charge in [-0.15, -0.1) is 11.3 Å². The molecule has 0 saturated heterocycles. The summed E-state index contributed by atoms with van der Waals surface area (Å²) in [7, 11) is 8.95. The number of rotatable bonds is 4. The number of methoxy groups -OCH3 is 1. The van der Waals surface area contributed by atoms with Crippen molar-refractivity contribution in [3.05, 3.63) is 17.1 Å². The summed E-state index contributed by atoms with van der Waals surface area (Å²) < 4.78 is 5.82. The molecule has 0 aliphatic rings. The van der Waals surface area contributed by atoms with Gasteiger partial charge in [0.2, 0.25) is 0 Å². The summed E-state index contributed by atoms with van der Waals surface area (Å²) in [6.45, 7) is 0. The quantitative estimate of drug-likeness (QED) is 0.493. The Kier molecular flexibility index (Phi) is 4.42. The minimum absolute atomic E-state index is 0.383.